The molecule has 0 saturated heterocycles. The van der Waals surface area contributed by atoms with Gasteiger partial charge >= 0.3 is 5.97 Å². The van der Waals surface area contributed by atoms with Crippen LogP contribution in [0.4, 0.5) is 0 Å². The first-order valence-electron chi connectivity index (χ1n) is 4.68. The molecule has 0 aliphatic rings. The van der Waals surface area contributed by atoms with Crippen LogP contribution in [0.1, 0.15) is 32.1 Å². The van der Waals surface area contributed by atoms with Crippen LogP contribution < -0.4 is 0 Å². The van der Waals surface area contributed by atoms with Crippen LogP contribution in [0.3, 0.4) is 0 Å². The van der Waals surface area contributed by atoms with E-state index in [-0.39, 0.29) is 6.42 Å². The molecule has 0 heterocycles. The van der Waals surface area contributed by atoms with Crippen molar-refractivity contribution in [1.82, 2.24) is 0 Å². The van der Waals surface area contributed by atoms with Crippen molar-refractivity contribution in [2.75, 3.05) is 13.2 Å². The maximum Gasteiger partial charge on any atom is 0.305 e. The van der Waals surface area contributed by atoms with Gasteiger partial charge in [0.2, 0.25) is 0 Å². The molecule has 3 heteroatoms. The topological polar surface area (TPSA) is 46.5 Å². The van der Waals surface area contributed by atoms with E-state index in [2.05, 4.69) is 6.58 Å². The molecule has 0 unspecified atom stereocenters. The molecule has 0 fully saturated rings. The molecule has 0 aliphatic carbocycles. The number of carbonyl (C=O) groups is 1. The van der Waals surface area contributed by atoms with Crippen LogP contribution in [0.25, 0.3) is 0 Å². The Morgan fingerprint density at radius 1 is 1.31 bits per heavy atom. The number of carboxylic acid groups (broad SMARTS) is 1. The average Bonchev–Trinajstić information content (AvgIpc) is 2.09. The number of ether oxygens (including phenoxy) is 1. The lowest BCUT2D eigenvalue weighted by Crippen LogP contribution is -2.03. The molecule has 0 rings (SSSR count). The zero-order valence-electron chi connectivity index (χ0n) is 8.00. The van der Waals surface area contributed by atoms with Crippen molar-refractivity contribution in [2.24, 2.45) is 0 Å². The SMILES string of the molecule is C=CCCCCCOCCC(=O)O. The molecule has 13 heavy (non-hydrogen) atoms. The largest absolute Gasteiger partial charge is 0.481 e. The number of hydrogen-bond donors (Lipinski definition) is 1. The van der Waals surface area contributed by atoms with Gasteiger partial charge in [0.25, 0.3) is 0 Å². The third kappa shape index (κ3) is 11.2. The summed E-state index contributed by atoms with van der Waals surface area (Å²) in [6, 6.07) is 0. The van der Waals surface area contributed by atoms with E-state index in [0.717, 1.165) is 25.7 Å². The summed E-state index contributed by atoms with van der Waals surface area (Å²) in [4.78, 5) is 10.1. The molecule has 76 valence electrons. The summed E-state index contributed by atoms with van der Waals surface area (Å²) in [5, 5.41) is 8.30. The van der Waals surface area contributed by atoms with Gasteiger partial charge in [0.1, 0.15) is 0 Å². The van der Waals surface area contributed by atoms with Crippen LogP contribution in [0.15, 0.2) is 12.7 Å². The van der Waals surface area contributed by atoms with E-state index in [1.807, 2.05) is 6.08 Å². The monoisotopic (exact) mass is 186 g/mol. The molecular formula is C10H18O3. The van der Waals surface area contributed by atoms with E-state index in [0.29, 0.717) is 13.2 Å². The standard InChI is InChI=1S/C10H18O3/c1-2-3-4-5-6-8-13-9-7-10(11)12/h2H,1,3-9H2,(H,11,12). The number of aliphatic carboxylic acids is 1. The molecule has 0 amide bonds. The van der Waals surface area contributed by atoms with E-state index >= 15 is 0 Å². The summed E-state index contributed by atoms with van der Waals surface area (Å²) < 4.78 is 5.12. The third-order valence-electron chi connectivity index (χ3n) is 1.66. The summed E-state index contributed by atoms with van der Waals surface area (Å²) in [6.45, 7) is 4.63. The van der Waals surface area contributed by atoms with Crippen molar-refractivity contribution in [3.63, 3.8) is 0 Å². The summed E-state index contributed by atoms with van der Waals surface area (Å²) in [6.07, 6.45) is 6.34. The predicted molar refractivity (Wildman–Crippen MR) is 51.7 cm³/mol. The van der Waals surface area contributed by atoms with Crippen LogP contribution in [0.5, 0.6) is 0 Å². The van der Waals surface area contributed by atoms with E-state index in [9.17, 15) is 4.79 Å². The van der Waals surface area contributed by atoms with Gasteiger partial charge in [-0.05, 0) is 19.3 Å². The fourth-order valence-electron chi connectivity index (χ4n) is 0.931. The first-order valence-corrected chi connectivity index (χ1v) is 4.68. The van der Waals surface area contributed by atoms with E-state index in [1.54, 1.807) is 0 Å². The molecule has 0 aromatic rings. The number of carboxylic acids is 1. The summed E-state index contributed by atoms with van der Waals surface area (Å²) in [5.41, 5.74) is 0. The van der Waals surface area contributed by atoms with Gasteiger partial charge in [0.15, 0.2) is 0 Å². The summed E-state index contributed by atoms with van der Waals surface area (Å²) in [7, 11) is 0. The van der Waals surface area contributed by atoms with E-state index in [4.69, 9.17) is 9.84 Å². The molecule has 3 nitrogen and oxygen atoms in total. The Balaban J connectivity index is 2.91. The van der Waals surface area contributed by atoms with Crippen molar-refractivity contribution < 1.29 is 14.6 Å². The van der Waals surface area contributed by atoms with Gasteiger partial charge in [-0.2, -0.15) is 0 Å². The second-order valence-corrected chi connectivity index (χ2v) is 2.89. The van der Waals surface area contributed by atoms with Crippen LogP contribution in [0, 0.1) is 0 Å². The Kier molecular flexibility index (Phi) is 8.67. The minimum absolute atomic E-state index is 0.104. The number of allylic oxidation sites excluding steroid dienone is 1. The second-order valence-electron chi connectivity index (χ2n) is 2.89. The number of hydrogen-bond acceptors (Lipinski definition) is 2. The number of rotatable bonds is 9. The van der Waals surface area contributed by atoms with Gasteiger partial charge in [-0.3, -0.25) is 4.79 Å². The van der Waals surface area contributed by atoms with Crippen LogP contribution in [-0.2, 0) is 9.53 Å². The van der Waals surface area contributed by atoms with Crippen LogP contribution in [0.2, 0.25) is 0 Å². The van der Waals surface area contributed by atoms with Gasteiger partial charge in [-0.15, -0.1) is 6.58 Å². The van der Waals surface area contributed by atoms with E-state index < -0.39 is 5.97 Å². The average molecular weight is 186 g/mol. The Labute approximate surface area is 79.4 Å². The lowest BCUT2D eigenvalue weighted by Gasteiger charge is -2.01. The van der Waals surface area contributed by atoms with Crippen molar-refractivity contribution in [2.45, 2.75) is 32.1 Å². The molecule has 0 bridgehead atoms. The maximum atomic E-state index is 10.1. The van der Waals surface area contributed by atoms with Gasteiger partial charge in [-0.1, -0.05) is 12.5 Å². The minimum atomic E-state index is -0.799. The zero-order chi connectivity index (χ0) is 9.94. The highest BCUT2D eigenvalue weighted by atomic mass is 16.5. The molecule has 0 radical (unpaired) electrons. The van der Waals surface area contributed by atoms with E-state index in [1.165, 1.54) is 0 Å². The first kappa shape index (κ1) is 12.2. The van der Waals surface area contributed by atoms with Crippen molar-refractivity contribution in [1.29, 1.82) is 0 Å². The fraction of sp³-hybridized carbons (Fsp3) is 0.700. The lowest BCUT2D eigenvalue weighted by atomic mass is 10.2. The number of unbranched alkanes of at least 4 members (excludes halogenated alkanes) is 3. The molecule has 1 N–H and O–H groups in total. The molecule has 0 atom stereocenters. The van der Waals surface area contributed by atoms with Gasteiger partial charge in [-0.25, -0.2) is 0 Å². The highest BCUT2D eigenvalue weighted by molar-refractivity contribution is 5.66. The van der Waals surface area contributed by atoms with Crippen molar-refractivity contribution in [3.8, 4) is 0 Å². The van der Waals surface area contributed by atoms with Crippen molar-refractivity contribution >= 4 is 5.97 Å². The first-order chi connectivity index (χ1) is 6.27. The quantitative estimate of drug-likeness (QED) is 0.443. The summed E-state index contributed by atoms with van der Waals surface area (Å²) >= 11 is 0. The Morgan fingerprint density at radius 3 is 2.69 bits per heavy atom. The second kappa shape index (κ2) is 9.26. The molecule has 0 saturated carbocycles. The Bertz CT molecular complexity index is 143. The van der Waals surface area contributed by atoms with Gasteiger partial charge in [0, 0.05) is 6.61 Å². The zero-order valence-corrected chi connectivity index (χ0v) is 8.00. The summed E-state index contributed by atoms with van der Waals surface area (Å²) in [5.74, 6) is -0.799. The fourth-order valence-corrected chi connectivity index (χ4v) is 0.931. The van der Waals surface area contributed by atoms with Crippen LogP contribution in [-0.4, -0.2) is 24.3 Å². The molecule has 0 aromatic carbocycles. The van der Waals surface area contributed by atoms with Gasteiger partial charge < -0.3 is 9.84 Å². The third-order valence-corrected chi connectivity index (χ3v) is 1.66. The van der Waals surface area contributed by atoms with Crippen molar-refractivity contribution in [3.05, 3.63) is 12.7 Å². The van der Waals surface area contributed by atoms with Crippen LogP contribution >= 0.6 is 0 Å². The highest BCUT2D eigenvalue weighted by Gasteiger charge is 1.95. The molecular weight excluding hydrogens is 168 g/mol. The predicted octanol–water partition coefficient (Wildman–Crippen LogP) is 2.22. The van der Waals surface area contributed by atoms with Gasteiger partial charge in [0.05, 0.1) is 13.0 Å². The lowest BCUT2D eigenvalue weighted by molar-refractivity contribution is -0.138. The molecule has 0 aliphatic heterocycles. The molecule has 0 aromatic heterocycles. The highest BCUT2D eigenvalue weighted by Crippen LogP contribution is 2.00. The normalized spacial score (nSPS) is 9.85. The molecule has 0 spiro atoms. The Hall–Kier alpha value is -0.830. The minimum Gasteiger partial charge on any atom is -0.481 e. The smallest absolute Gasteiger partial charge is 0.305 e. The maximum absolute atomic E-state index is 10.1. The Morgan fingerprint density at radius 2 is 2.08 bits per heavy atom.